The van der Waals surface area contributed by atoms with E-state index in [1.54, 1.807) is 0 Å². The van der Waals surface area contributed by atoms with Gasteiger partial charge in [0.2, 0.25) is 11.8 Å². The number of amides is 3. The second-order valence-corrected chi connectivity index (χ2v) is 5.30. The molecular weight excluding hydrogens is 252 g/mol. The Balaban J connectivity index is 1.71. The zero-order chi connectivity index (χ0) is 13.0. The largest absolute Gasteiger partial charge is 0.354 e. The average Bonchev–Trinajstić information content (AvgIpc) is 2.71. The molecule has 98 valence electrons. The molecule has 1 atom stereocenters. The van der Waals surface area contributed by atoms with Gasteiger partial charge < -0.3 is 5.32 Å². The third-order valence-corrected chi connectivity index (χ3v) is 3.97. The van der Waals surface area contributed by atoms with Gasteiger partial charge in [-0.05, 0) is 19.3 Å². The fraction of sp³-hybridized carbons (Fsp3) is 0.583. The molecule has 0 unspecified atom stereocenters. The predicted molar refractivity (Wildman–Crippen MR) is 69.1 cm³/mol. The van der Waals surface area contributed by atoms with Gasteiger partial charge in [-0.2, -0.15) is 0 Å². The summed E-state index contributed by atoms with van der Waals surface area (Å²) in [5.74, 6) is 0.112. The molecule has 0 spiro atoms. The van der Waals surface area contributed by atoms with E-state index >= 15 is 0 Å². The van der Waals surface area contributed by atoms with Crippen LogP contribution in [0.3, 0.4) is 0 Å². The molecule has 0 bridgehead atoms. The van der Waals surface area contributed by atoms with E-state index in [0.29, 0.717) is 6.54 Å². The lowest BCUT2D eigenvalue weighted by Gasteiger charge is -2.18. The molecule has 1 N–H and O–H groups in total. The number of imide groups is 1. The Morgan fingerprint density at radius 2 is 2.28 bits per heavy atom. The maximum absolute atomic E-state index is 11.8. The van der Waals surface area contributed by atoms with Crippen molar-refractivity contribution in [2.24, 2.45) is 5.92 Å². The summed E-state index contributed by atoms with van der Waals surface area (Å²) in [5.41, 5.74) is 0. The number of thioether (sulfide) groups is 1. The molecule has 3 amide bonds. The first-order chi connectivity index (χ1) is 8.68. The van der Waals surface area contributed by atoms with Crippen molar-refractivity contribution in [3.63, 3.8) is 0 Å². The molecule has 2 rings (SSSR count). The molecule has 1 heterocycles. The molecule has 1 saturated heterocycles. The van der Waals surface area contributed by atoms with Crippen LogP contribution in [0.1, 0.15) is 19.3 Å². The lowest BCUT2D eigenvalue weighted by atomic mass is 9.94. The van der Waals surface area contributed by atoms with Crippen LogP contribution in [0.5, 0.6) is 0 Å². The van der Waals surface area contributed by atoms with Crippen molar-refractivity contribution in [3.8, 4) is 0 Å². The van der Waals surface area contributed by atoms with Crippen molar-refractivity contribution < 1.29 is 14.4 Å². The quantitative estimate of drug-likeness (QED) is 0.777. The first-order valence-corrected chi connectivity index (χ1v) is 7.07. The van der Waals surface area contributed by atoms with Crippen molar-refractivity contribution in [3.05, 3.63) is 12.2 Å². The summed E-state index contributed by atoms with van der Waals surface area (Å²) < 4.78 is 0. The molecule has 0 saturated carbocycles. The van der Waals surface area contributed by atoms with Crippen LogP contribution in [-0.2, 0) is 9.59 Å². The van der Waals surface area contributed by atoms with E-state index in [2.05, 4.69) is 11.4 Å². The Hall–Kier alpha value is -1.30. The molecule has 6 heteroatoms. The van der Waals surface area contributed by atoms with Crippen LogP contribution in [0.2, 0.25) is 0 Å². The molecule has 0 radical (unpaired) electrons. The molecule has 2 aliphatic rings. The minimum atomic E-state index is -0.213. The van der Waals surface area contributed by atoms with E-state index in [1.807, 2.05) is 6.08 Å². The van der Waals surface area contributed by atoms with E-state index in [4.69, 9.17) is 0 Å². The summed E-state index contributed by atoms with van der Waals surface area (Å²) in [7, 11) is 0. The Morgan fingerprint density at radius 1 is 1.44 bits per heavy atom. The Labute approximate surface area is 110 Å². The number of hydrogen-bond donors (Lipinski definition) is 1. The molecule has 1 aliphatic heterocycles. The van der Waals surface area contributed by atoms with E-state index in [0.717, 1.165) is 31.0 Å². The molecule has 18 heavy (non-hydrogen) atoms. The van der Waals surface area contributed by atoms with E-state index in [1.165, 1.54) is 4.90 Å². The highest BCUT2D eigenvalue weighted by Crippen LogP contribution is 2.19. The summed E-state index contributed by atoms with van der Waals surface area (Å²) >= 11 is 1.02. The van der Waals surface area contributed by atoms with Gasteiger partial charge in [-0.15, -0.1) is 0 Å². The average molecular weight is 268 g/mol. The highest BCUT2D eigenvalue weighted by atomic mass is 32.2. The van der Waals surface area contributed by atoms with E-state index in [9.17, 15) is 14.4 Å². The molecule has 1 aliphatic carbocycles. The molecule has 1 fully saturated rings. The minimum Gasteiger partial charge on any atom is -0.354 e. The number of nitrogens with one attached hydrogen (secondary N) is 1. The highest BCUT2D eigenvalue weighted by Gasteiger charge is 2.29. The van der Waals surface area contributed by atoms with Gasteiger partial charge in [0.1, 0.15) is 0 Å². The second-order valence-electron chi connectivity index (χ2n) is 4.37. The van der Waals surface area contributed by atoms with Crippen molar-refractivity contribution in [1.29, 1.82) is 0 Å². The Bertz CT molecular complexity index is 379. The lowest BCUT2D eigenvalue weighted by molar-refractivity contribution is -0.127. The van der Waals surface area contributed by atoms with Crippen LogP contribution in [-0.4, -0.2) is 40.8 Å². The van der Waals surface area contributed by atoms with Crippen LogP contribution in [0, 0.1) is 5.92 Å². The number of allylic oxidation sites excluding steroid dienone is 2. The van der Waals surface area contributed by atoms with Crippen LogP contribution in [0.15, 0.2) is 12.2 Å². The van der Waals surface area contributed by atoms with Crippen molar-refractivity contribution in [2.45, 2.75) is 19.3 Å². The third-order valence-electron chi connectivity index (χ3n) is 3.12. The minimum absolute atomic E-state index is 0.0195. The normalized spacial score (nSPS) is 23.6. The number of hydrogen-bond acceptors (Lipinski definition) is 4. The lowest BCUT2D eigenvalue weighted by Crippen LogP contribution is -2.39. The first-order valence-electron chi connectivity index (χ1n) is 6.08. The molecule has 0 aromatic carbocycles. The summed E-state index contributed by atoms with van der Waals surface area (Å²) in [6.45, 7) is 0.621. The summed E-state index contributed by atoms with van der Waals surface area (Å²) in [5, 5.41) is 2.58. The van der Waals surface area contributed by atoms with Gasteiger partial charge in [0.25, 0.3) is 5.24 Å². The fourth-order valence-electron chi connectivity index (χ4n) is 2.06. The molecular formula is C12H16N2O3S. The topological polar surface area (TPSA) is 66.5 Å². The molecule has 0 aromatic heterocycles. The molecule has 0 aromatic rings. The van der Waals surface area contributed by atoms with Gasteiger partial charge in [0, 0.05) is 19.0 Å². The zero-order valence-corrected chi connectivity index (χ0v) is 10.9. The van der Waals surface area contributed by atoms with Crippen LogP contribution in [0.25, 0.3) is 0 Å². The first kappa shape index (κ1) is 13.1. The van der Waals surface area contributed by atoms with Gasteiger partial charge in [-0.1, -0.05) is 23.9 Å². The maximum atomic E-state index is 11.8. The number of carbonyl (C=O) groups excluding carboxylic acids is 3. The zero-order valence-electron chi connectivity index (χ0n) is 10.1. The summed E-state index contributed by atoms with van der Waals surface area (Å²) in [6, 6.07) is 0. The van der Waals surface area contributed by atoms with Crippen molar-refractivity contribution in [1.82, 2.24) is 10.2 Å². The SMILES string of the molecule is O=C(NCCN1C(=O)CSC1=O)[C@H]1CC=CCC1. The predicted octanol–water partition coefficient (Wildman–Crippen LogP) is 1.15. The number of nitrogens with zero attached hydrogens (tertiary/aromatic N) is 1. The van der Waals surface area contributed by atoms with Gasteiger partial charge >= 0.3 is 0 Å². The van der Waals surface area contributed by atoms with Gasteiger partial charge in [-0.3, -0.25) is 19.3 Å². The Kier molecular flexibility index (Phi) is 4.41. The Morgan fingerprint density at radius 3 is 2.89 bits per heavy atom. The second kappa shape index (κ2) is 6.04. The third kappa shape index (κ3) is 3.13. The summed E-state index contributed by atoms with van der Waals surface area (Å²) in [4.78, 5) is 35.6. The van der Waals surface area contributed by atoms with Crippen LogP contribution in [0.4, 0.5) is 4.79 Å². The van der Waals surface area contributed by atoms with Crippen LogP contribution < -0.4 is 5.32 Å². The van der Waals surface area contributed by atoms with E-state index in [-0.39, 0.29) is 35.3 Å². The number of carbonyl (C=O) groups is 3. The van der Waals surface area contributed by atoms with Gasteiger partial charge in [-0.25, -0.2) is 0 Å². The van der Waals surface area contributed by atoms with Gasteiger partial charge in [0.05, 0.1) is 5.75 Å². The summed E-state index contributed by atoms with van der Waals surface area (Å²) in [6.07, 6.45) is 6.71. The van der Waals surface area contributed by atoms with Crippen molar-refractivity contribution >= 4 is 28.8 Å². The standard InChI is InChI=1S/C12H16N2O3S/c15-10-8-18-12(17)14(10)7-6-13-11(16)9-4-2-1-3-5-9/h1-2,9H,3-8H2,(H,13,16)/t9-/m0/s1. The highest BCUT2D eigenvalue weighted by molar-refractivity contribution is 8.14. The molecule has 5 nitrogen and oxygen atoms in total. The fourth-order valence-corrected chi connectivity index (χ4v) is 2.82. The van der Waals surface area contributed by atoms with E-state index < -0.39 is 0 Å². The van der Waals surface area contributed by atoms with Crippen molar-refractivity contribution in [2.75, 3.05) is 18.8 Å². The number of rotatable bonds is 4. The van der Waals surface area contributed by atoms with Crippen LogP contribution >= 0.6 is 11.8 Å². The maximum Gasteiger partial charge on any atom is 0.288 e. The van der Waals surface area contributed by atoms with Gasteiger partial charge in [0.15, 0.2) is 0 Å². The smallest absolute Gasteiger partial charge is 0.288 e. The monoisotopic (exact) mass is 268 g/mol.